The zero-order valence-electron chi connectivity index (χ0n) is 17.4. The van der Waals surface area contributed by atoms with Gasteiger partial charge in [-0.15, -0.1) is 0 Å². The minimum atomic E-state index is -0.390. The largest absolute Gasteiger partial charge is 0.389 e. The van der Waals surface area contributed by atoms with Crippen LogP contribution in [0.1, 0.15) is 40.0 Å². The second-order valence-electron chi connectivity index (χ2n) is 8.97. The SMILES string of the molecule is CC(C)[C@H]1CC[C@@H](C)C[C@H]1OC[C@H](O)CN1CCN(c2ccccc2)CC1. The lowest BCUT2D eigenvalue weighted by Crippen LogP contribution is -2.49. The Balaban J connectivity index is 1.40. The normalized spacial score (nSPS) is 28.5. The summed E-state index contributed by atoms with van der Waals surface area (Å²) < 4.78 is 6.23. The Bertz CT molecular complexity index is 543. The molecule has 0 spiro atoms. The highest BCUT2D eigenvalue weighted by Crippen LogP contribution is 2.35. The molecule has 2 aliphatic rings. The van der Waals surface area contributed by atoms with E-state index in [4.69, 9.17) is 4.74 Å². The van der Waals surface area contributed by atoms with Gasteiger partial charge in [-0.05, 0) is 42.7 Å². The quantitative estimate of drug-likeness (QED) is 0.790. The highest BCUT2D eigenvalue weighted by Gasteiger charge is 2.32. The van der Waals surface area contributed by atoms with Crippen LogP contribution in [0.3, 0.4) is 0 Å². The monoisotopic (exact) mass is 374 g/mol. The minimum Gasteiger partial charge on any atom is -0.389 e. The lowest BCUT2D eigenvalue weighted by atomic mass is 9.75. The van der Waals surface area contributed by atoms with E-state index in [0.717, 1.165) is 45.1 Å². The predicted molar refractivity (Wildman–Crippen MR) is 112 cm³/mol. The van der Waals surface area contributed by atoms with Gasteiger partial charge in [0.05, 0.1) is 18.8 Å². The number of para-hydroxylation sites is 1. The molecule has 1 heterocycles. The summed E-state index contributed by atoms with van der Waals surface area (Å²) in [6.07, 6.45) is 3.65. The summed E-state index contributed by atoms with van der Waals surface area (Å²) in [6.45, 7) is 12.2. The Morgan fingerprint density at radius 3 is 2.44 bits per heavy atom. The minimum absolute atomic E-state index is 0.318. The van der Waals surface area contributed by atoms with E-state index < -0.39 is 6.10 Å². The van der Waals surface area contributed by atoms with Crippen LogP contribution in [0.2, 0.25) is 0 Å². The third kappa shape index (κ3) is 5.94. The average Bonchev–Trinajstić information content (AvgIpc) is 2.67. The predicted octanol–water partition coefficient (Wildman–Crippen LogP) is 3.65. The molecule has 1 aromatic carbocycles. The fraction of sp³-hybridized carbons (Fsp3) is 0.739. The van der Waals surface area contributed by atoms with E-state index in [0.29, 0.717) is 24.5 Å². The molecule has 27 heavy (non-hydrogen) atoms. The molecule has 0 aromatic heterocycles. The van der Waals surface area contributed by atoms with Gasteiger partial charge in [0.15, 0.2) is 0 Å². The van der Waals surface area contributed by atoms with Crippen molar-refractivity contribution in [3.8, 4) is 0 Å². The summed E-state index contributed by atoms with van der Waals surface area (Å²) in [5.74, 6) is 2.04. The number of aliphatic hydroxyl groups is 1. The molecule has 0 bridgehead atoms. The molecule has 3 rings (SSSR count). The molecule has 0 unspecified atom stereocenters. The van der Waals surface area contributed by atoms with Crippen molar-refractivity contribution in [2.24, 2.45) is 17.8 Å². The molecule has 1 aromatic rings. The van der Waals surface area contributed by atoms with Crippen LogP contribution in [-0.4, -0.2) is 61.5 Å². The molecular formula is C23H38N2O2. The highest BCUT2D eigenvalue weighted by molar-refractivity contribution is 5.46. The van der Waals surface area contributed by atoms with Gasteiger partial charge < -0.3 is 14.7 Å². The van der Waals surface area contributed by atoms with E-state index in [2.05, 4.69) is 60.9 Å². The van der Waals surface area contributed by atoms with Crippen LogP contribution in [0.5, 0.6) is 0 Å². The number of hydrogen-bond donors (Lipinski definition) is 1. The maximum absolute atomic E-state index is 10.5. The van der Waals surface area contributed by atoms with Gasteiger partial charge in [0, 0.05) is 38.4 Å². The standard InChI is InChI=1S/C23H38N2O2/c1-18(2)22-10-9-19(3)15-23(22)27-17-21(26)16-24-11-13-25(14-12-24)20-7-5-4-6-8-20/h4-8,18-19,21-23,26H,9-17H2,1-3H3/t19-,21-,22-,23-/m1/s1. The molecule has 4 atom stereocenters. The summed E-state index contributed by atoms with van der Waals surface area (Å²) in [7, 11) is 0. The van der Waals surface area contributed by atoms with E-state index in [1.807, 2.05) is 0 Å². The topological polar surface area (TPSA) is 35.9 Å². The molecule has 1 aliphatic carbocycles. The van der Waals surface area contributed by atoms with Gasteiger partial charge >= 0.3 is 0 Å². The number of aliphatic hydroxyl groups excluding tert-OH is 1. The molecule has 1 aliphatic heterocycles. The molecule has 0 amide bonds. The number of β-amino-alcohol motifs (C(OH)–C–C–N with tert-alkyl or cyclic N) is 1. The molecule has 2 fully saturated rings. The number of rotatable bonds is 7. The maximum Gasteiger partial charge on any atom is 0.0900 e. The molecular weight excluding hydrogens is 336 g/mol. The van der Waals surface area contributed by atoms with Crippen LogP contribution in [0.25, 0.3) is 0 Å². The molecule has 1 saturated carbocycles. The molecule has 4 heteroatoms. The number of nitrogens with zero attached hydrogens (tertiary/aromatic N) is 2. The summed E-state index contributed by atoms with van der Waals surface area (Å²) in [4.78, 5) is 4.80. The third-order valence-corrected chi connectivity index (χ3v) is 6.43. The highest BCUT2D eigenvalue weighted by atomic mass is 16.5. The Morgan fingerprint density at radius 1 is 1.07 bits per heavy atom. The lowest BCUT2D eigenvalue weighted by Gasteiger charge is -2.39. The van der Waals surface area contributed by atoms with Gasteiger partial charge in [-0.25, -0.2) is 0 Å². The van der Waals surface area contributed by atoms with E-state index >= 15 is 0 Å². The molecule has 1 N–H and O–H groups in total. The second kappa shape index (κ2) is 9.90. The van der Waals surface area contributed by atoms with Crippen LogP contribution in [0.15, 0.2) is 30.3 Å². The number of anilines is 1. The third-order valence-electron chi connectivity index (χ3n) is 6.43. The number of ether oxygens (including phenoxy) is 1. The summed E-state index contributed by atoms with van der Waals surface area (Å²) in [5, 5.41) is 10.5. The van der Waals surface area contributed by atoms with Crippen molar-refractivity contribution in [1.29, 1.82) is 0 Å². The van der Waals surface area contributed by atoms with Gasteiger partial charge in [0.25, 0.3) is 0 Å². The van der Waals surface area contributed by atoms with Crippen molar-refractivity contribution in [2.75, 3.05) is 44.2 Å². The average molecular weight is 375 g/mol. The van der Waals surface area contributed by atoms with E-state index in [1.54, 1.807) is 0 Å². The molecule has 152 valence electrons. The first-order valence-corrected chi connectivity index (χ1v) is 10.8. The van der Waals surface area contributed by atoms with Crippen LogP contribution in [0, 0.1) is 17.8 Å². The molecule has 1 saturated heterocycles. The van der Waals surface area contributed by atoms with Crippen molar-refractivity contribution in [1.82, 2.24) is 4.90 Å². The van der Waals surface area contributed by atoms with Crippen LogP contribution >= 0.6 is 0 Å². The van der Waals surface area contributed by atoms with Gasteiger partial charge in [-0.3, -0.25) is 4.90 Å². The van der Waals surface area contributed by atoms with Crippen LogP contribution in [0.4, 0.5) is 5.69 Å². The molecule has 0 radical (unpaired) electrons. The number of hydrogen-bond acceptors (Lipinski definition) is 4. The van der Waals surface area contributed by atoms with Crippen molar-refractivity contribution in [3.63, 3.8) is 0 Å². The zero-order chi connectivity index (χ0) is 19.2. The first-order chi connectivity index (χ1) is 13.0. The number of benzene rings is 1. The molecule has 4 nitrogen and oxygen atoms in total. The smallest absolute Gasteiger partial charge is 0.0900 e. The zero-order valence-corrected chi connectivity index (χ0v) is 17.4. The maximum atomic E-state index is 10.5. The van der Waals surface area contributed by atoms with Crippen LogP contribution < -0.4 is 4.90 Å². The van der Waals surface area contributed by atoms with E-state index in [-0.39, 0.29) is 0 Å². The van der Waals surface area contributed by atoms with Crippen molar-refractivity contribution < 1.29 is 9.84 Å². The Labute approximate surface area is 165 Å². The summed E-state index contributed by atoms with van der Waals surface area (Å²) in [5.41, 5.74) is 1.30. The fourth-order valence-electron chi connectivity index (χ4n) is 4.72. The Morgan fingerprint density at radius 2 is 1.78 bits per heavy atom. The fourth-order valence-corrected chi connectivity index (χ4v) is 4.72. The van der Waals surface area contributed by atoms with Gasteiger partial charge in [-0.2, -0.15) is 0 Å². The second-order valence-corrected chi connectivity index (χ2v) is 8.97. The van der Waals surface area contributed by atoms with Crippen molar-refractivity contribution in [3.05, 3.63) is 30.3 Å². The lowest BCUT2D eigenvalue weighted by molar-refractivity contribution is -0.0740. The Kier molecular flexibility index (Phi) is 7.57. The van der Waals surface area contributed by atoms with Crippen LogP contribution in [-0.2, 0) is 4.74 Å². The van der Waals surface area contributed by atoms with Crippen molar-refractivity contribution >= 4 is 5.69 Å². The van der Waals surface area contributed by atoms with E-state index in [1.165, 1.54) is 18.5 Å². The summed E-state index contributed by atoms with van der Waals surface area (Å²) >= 11 is 0. The van der Waals surface area contributed by atoms with Gasteiger partial charge in [-0.1, -0.05) is 45.4 Å². The Hall–Kier alpha value is -1.10. The van der Waals surface area contributed by atoms with E-state index in [9.17, 15) is 5.11 Å². The summed E-state index contributed by atoms with van der Waals surface area (Å²) in [6, 6.07) is 10.6. The van der Waals surface area contributed by atoms with Crippen molar-refractivity contribution in [2.45, 2.75) is 52.2 Å². The van der Waals surface area contributed by atoms with Gasteiger partial charge in [0.1, 0.15) is 0 Å². The van der Waals surface area contributed by atoms with Gasteiger partial charge in [0.2, 0.25) is 0 Å². The number of piperazine rings is 1. The first kappa shape index (κ1) is 20.6. The first-order valence-electron chi connectivity index (χ1n) is 10.8.